The second-order valence-corrected chi connectivity index (χ2v) is 11.7. The number of allylic oxidation sites excluding steroid dienone is 1. The van der Waals surface area contributed by atoms with E-state index >= 15 is 0 Å². The van der Waals surface area contributed by atoms with Gasteiger partial charge in [-0.2, -0.15) is 0 Å². The first-order valence-corrected chi connectivity index (χ1v) is 12.5. The van der Waals surface area contributed by atoms with Crippen molar-refractivity contribution in [2.45, 2.75) is 51.9 Å². The van der Waals surface area contributed by atoms with Crippen molar-refractivity contribution in [2.24, 2.45) is 34.5 Å². The van der Waals surface area contributed by atoms with Gasteiger partial charge in [0.25, 0.3) is 0 Å². The van der Waals surface area contributed by atoms with Crippen LogP contribution in [0, 0.1) is 40.3 Å². The zero-order valence-electron chi connectivity index (χ0n) is 21.2. The Bertz CT molecular complexity index is 1170. The van der Waals surface area contributed by atoms with Crippen LogP contribution in [0.2, 0.25) is 0 Å². The molecule has 4 aliphatic carbocycles. The molecule has 1 spiro atoms. The highest BCUT2D eigenvalue weighted by atomic mass is 19.1. The van der Waals surface area contributed by atoms with Crippen LogP contribution >= 0.6 is 0 Å². The minimum Gasteiger partial charge on any atom is -0.438 e. The van der Waals surface area contributed by atoms with Crippen molar-refractivity contribution in [3.05, 3.63) is 53.4 Å². The molecule has 0 aromatic heterocycles. The molecule has 2 unspecified atom stereocenters. The van der Waals surface area contributed by atoms with E-state index in [1.807, 2.05) is 6.92 Å². The summed E-state index contributed by atoms with van der Waals surface area (Å²) in [6.07, 6.45) is 0.229. The Morgan fingerprint density at radius 1 is 1.25 bits per heavy atom. The predicted octanol–water partition coefficient (Wildman–Crippen LogP) is 3.24. The van der Waals surface area contributed by atoms with Crippen LogP contribution in [-0.2, 0) is 9.53 Å². The SMILES string of the molecule is CC1=CC23C(=O)[C@@H](C=C(CO)[C@@H](O)[C@]2(O)[C@H]1OC(=O)N(C)c1ccc(F)cc1)[C@@H]1[C@@H](CC3C)C1(C)C. The van der Waals surface area contributed by atoms with Crippen LogP contribution in [0.5, 0.6) is 0 Å². The topological polar surface area (TPSA) is 107 Å². The first kappa shape index (κ1) is 25.1. The second-order valence-electron chi connectivity index (χ2n) is 11.7. The fraction of sp³-hybridized carbons (Fsp3) is 0.571. The quantitative estimate of drug-likeness (QED) is 0.552. The molecule has 2 saturated carbocycles. The van der Waals surface area contributed by atoms with E-state index in [2.05, 4.69) is 13.8 Å². The first-order chi connectivity index (χ1) is 16.8. The van der Waals surface area contributed by atoms with Gasteiger partial charge in [0.15, 0.2) is 17.5 Å². The number of carbonyl (C=O) groups is 2. The Morgan fingerprint density at radius 3 is 2.50 bits per heavy atom. The van der Waals surface area contributed by atoms with Gasteiger partial charge in [-0.1, -0.05) is 32.9 Å². The lowest BCUT2D eigenvalue weighted by atomic mass is 9.59. The van der Waals surface area contributed by atoms with Crippen LogP contribution in [0.25, 0.3) is 0 Å². The number of Topliss-reactive ketones (excluding diaryl/α,β-unsaturated/α-hetero) is 1. The minimum atomic E-state index is -2.20. The Hall–Kier alpha value is -2.55. The van der Waals surface area contributed by atoms with Gasteiger partial charge in [-0.15, -0.1) is 0 Å². The molecule has 1 amide bonds. The van der Waals surface area contributed by atoms with Gasteiger partial charge in [0.1, 0.15) is 11.9 Å². The van der Waals surface area contributed by atoms with Crippen molar-refractivity contribution in [3.63, 3.8) is 0 Å². The average Bonchev–Trinajstić information content (AvgIpc) is 3.32. The number of anilines is 1. The Labute approximate surface area is 210 Å². The Kier molecular flexibility index (Phi) is 5.56. The summed E-state index contributed by atoms with van der Waals surface area (Å²) in [7, 11) is 1.46. The number of rotatable bonds is 3. The largest absolute Gasteiger partial charge is 0.438 e. The molecular formula is C28H34FNO6. The number of nitrogens with zero attached hydrogens (tertiary/aromatic N) is 1. The lowest BCUT2D eigenvalue weighted by Gasteiger charge is -2.48. The van der Waals surface area contributed by atoms with E-state index in [9.17, 15) is 29.3 Å². The van der Waals surface area contributed by atoms with Crippen molar-refractivity contribution in [2.75, 3.05) is 18.6 Å². The molecule has 1 aromatic rings. The van der Waals surface area contributed by atoms with E-state index in [4.69, 9.17) is 4.74 Å². The van der Waals surface area contributed by atoms with Crippen LogP contribution < -0.4 is 4.90 Å². The fourth-order valence-corrected chi connectivity index (χ4v) is 7.54. The molecule has 3 N–H and O–H groups in total. The van der Waals surface area contributed by atoms with Gasteiger partial charge in [-0.25, -0.2) is 9.18 Å². The molecule has 2 bridgehead atoms. The number of fused-ring (bicyclic) bond motifs is 3. The van der Waals surface area contributed by atoms with E-state index in [0.29, 0.717) is 17.7 Å². The maximum atomic E-state index is 14.3. The van der Waals surface area contributed by atoms with Crippen LogP contribution in [0.1, 0.15) is 34.1 Å². The molecule has 0 heterocycles. The van der Waals surface area contributed by atoms with Gasteiger partial charge in [-0.05, 0) is 71.9 Å². The minimum absolute atomic E-state index is 0.0443. The van der Waals surface area contributed by atoms with Gasteiger partial charge in [0.2, 0.25) is 0 Å². The van der Waals surface area contributed by atoms with Crippen LogP contribution in [0.15, 0.2) is 47.6 Å². The van der Waals surface area contributed by atoms with Gasteiger partial charge >= 0.3 is 6.09 Å². The number of aliphatic hydroxyl groups is 3. The molecule has 36 heavy (non-hydrogen) atoms. The highest BCUT2D eigenvalue weighted by molar-refractivity contribution is 5.95. The number of ether oxygens (including phenoxy) is 1. The van der Waals surface area contributed by atoms with Crippen molar-refractivity contribution in [3.8, 4) is 0 Å². The summed E-state index contributed by atoms with van der Waals surface area (Å²) in [5.74, 6) is -1.26. The zero-order chi connectivity index (χ0) is 26.4. The summed E-state index contributed by atoms with van der Waals surface area (Å²) >= 11 is 0. The summed E-state index contributed by atoms with van der Waals surface area (Å²) < 4.78 is 19.2. The number of halogens is 1. The number of amides is 1. The summed E-state index contributed by atoms with van der Waals surface area (Å²) in [4.78, 5) is 28.7. The molecule has 0 radical (unpaired) electrons. The van der Waals surface area contributed by atoms with E-state index in [0.717, 1.165) is 0 Å². The van der Waals surface area contributed by atoms with E-state index in [-0.39, 0.29) is 34.5 Å². The van der Waals surface area contributed by atoms with Gasteiger partial charge in [0.05, 0.1) is 12.0 Å². The van der Waals surface area contributed by atoms with Gasteiger partial charge in [-0.3, -0.25) is 9.69 Å². The predicted molar refractivity (Wildman–Crippen MR) is 130 cm³/mol. The van der Waals surface area contributed by atoms with Crippen molar-refractivity contribution < 1.29 is 34.0 Å². The molecule has 4 aliphatic rings. The normalized spacial score (nSPS) is 40.2. The lowest BCUT2D eigenvalue weighted by Crippen LogP contribution is -2.66. The van der Waals surface area contributed by atoms with Crippen LogP contribution in [-0.4, -0.2) is 58.7 Å². The zero-order valence-corrected chi connectivity index (χ0v) is 21.2. The third kappa shape index (κ3) is 3.07. The fourth-order valence-electron chi connectivity index (χ4n) is 7.54. The first-order valence-electron chi connectivity index (χ1n) is 12.5. The molecular weight excluding hydrogens is 465 g/mol. The van der Waals surface area contributed by atoms with Crippen molar-refractivity contribution in [1.82, 2.24) is 0 Å². The number of aliphatic hydroxyl groups excluding tert-OH is 2. The third-order valence-electron chi connectivity index (χ3n) is 9.60. The van der Waals surface area contributed by atoms with E-state index in [1.165, 1.54) is 36.2 Å². The molecule has 194 valence electrons. The molecule has 0 aliphatic heterocycles. The van der Waals surface area contributed by atoms with Crippen molar-refractivity contribution >= 4 is 17.6 Å². The molecule has 8 atom stereocenters. The number of benzene rings is 1. The Balaban J connectivity index is 1.58. The van der Waals surface area contributed by atoms with Crippen LogP contribution in [0.4, 0.5) is 14.9 Å². The molecule has 2 fully saturated rings. The monoisotopic (exact) mass is 499 g/mol. The molecule has 1 aromatic carbocycles. The van der Waals surface area contributed by atoms with Crippen LogP contribution in [0.3, 0.4) is 0 Å². The highest BCUT2D eigenvalue weighted by Crippen LogP contribution is 2.71. The van der Waals surface area contributed by atoms with Crippen molar-refractivity contribution in [1.29, 1.82) is 0 Å². The standard InChI is InChI=1S/C28H34FNO6/c1-14-12-27-15(2)10-20-21(26(20,3)4)19(23(27)33)11-16(13-31)22(32)28(27,35)24(14)36-25(34)30(5)18-8-6-17(29)7-9-18/h6-9,11-12,15,19-22,24,31-32,35H,10,13H2,1-5H3/t15?,19-,20+,21+,22+,24-,27?,28-/m0/s1. The summed E-state index contributed by atoms with van der Waals surface area (Å²) in [5.41, 5.74) is -2.76. The lowest BCUT2D eigenvalue weighted by molar-refractivity contribution is -0.189. The highest BCUT2D eigenvalue weighted by Gasteiger charge is 2.76. The Morgan fingerprint density at radius 2 is 1.89 bits per heavy atom. The maximum absolute atomic E-state index is 14.3. The maximum Gasteiger partial charge on any atom is 0.414 e. The van der Waals surface area contributed by atoms with E-state index in [1.54, 1.807) is 19.1 Å². The number of carbonyl (C=O) groups excluding carboxylic acids is 2. The summed E-state index contributed by atoms with van der Waals surface area (Å²) in [6, 6.07) is 5.28. The third-order valence-corrected chi connectivity index (χ3v) is 9.60. The molecule has 5 rings (SSSR count). The van der Waals surface area contributed by atoms with Gasteiger partial charge < -0.3 is 20.1 Å². The smallest absolute Gasteiger partial charge is 0.414 e. The average molecular weight is 500 g/mol. The number of hydrogen-bond donors (Lipinski definition) is 3. The summed E-state index contributed by atoms with van der Waals surface area (Å²) in [6.45, 7) is 7.31. The molecule has 0 saturated heterocycles. The molecule has 7 nitrogen and oxygen atoms in total. The van der Waals surface area contributed by atoms with E-state index < -0.39 is 47.7 Å². The second kappa shape index (κ2) is 7.97. The number of hydrogen-bond acceptors (Lipinski definition) is 6. The number of ketones is 1. The van der Waals surface area contributed by atoms with Gasteiger partial charge in [0, 0.05) is 18.7 Å². The summed E-state index contributed by atoms with van der Waals surface area (Å²) in [5, 5.41) is 34.1. The molecule has 8 heteroatoms.